The van der Waals surface area contributed by atoms with E-state index in [1.807, 2.05) is 32.0 Å². The molecular formula is C9H10NO. The van der Waals surface area contributed by atoms with Gasteiger partial charge in [0.2, 0.25) is 0 Å². The van der Waals surface area contributed by atoms with Crippen LogP contribution in [0.2, 0.25) is 0 Å². The van der Waals surface area contributed by atoms with Crippen molar-refractivity contribution in [2.45, 2.75) is 13.8 Å². The molecule has 0 saturated carbocycles. The monoisotopic (exact) mass is 148 g/mol. The molecule has 1 radical (unpaired) electrons. The van der Waals surface area contributed by atoms with E-state index in [4.69, 9.17) is 5.73 Å². The average Bonchev–Trinajstić information content (AvgIpc) is 1.85. The van der Waals surface area contributed by atoms with Gasteiger partial charge in [0.15, 0.2) is 0 Å². The van der Waals surface area contributed by atoms with Crippen LogP contribution in [0.5, 0.6) is 0 Å². The molecule has 0 saturated heterocycles. The zero-order valence-electron chi connectivity index (χ0n) is 6.64. The van der Waals surface area contributed by atoms with Gasteiger partial charge < -0.3 is 0 Å². The molecule has 2 nitrogen and oxygen atoms in total. The first-order valence-electron chi connectivity index (χ1n) is 3.45. The van der Waals surface area contributed by atoms with E-state index in [-0.39, 0.29) is 0 Å². The van der Waals surface area contributed by atoms with Gasteiger partial charge in [0.05, 0.1) is 0 Å². The molecule has 11 heavy (non-hydrogen) atoms. The van der Waals surface area contributed by atoms with Gasteiger partial charge in [-0.3, -0.25) is 10.5 Å². The second kappa shape index (κ2) is 2.74. The number of hydrogen-bond donors (Lipinski definition) is 0. The molecule has 1 amide bonds. The van der Waals surface area contributed by atoms with Crippen molar-refractivity contribution in [2.24, 2.45) is 0 Å². The van der Waals surface area contributed by atoms with Crippen LogP contribution in [0.25, 0.3) is 0 Å². The van der Waals surface area contributed by atoms with Crippen molar-refractivity contribution in [3.05, 3.63) is 34.9 Å². The summed E-state index contributed by atoms with van der Waals surface area (Å²) in [6.45, 7) is 3.68. The van der Waals surface area contributed by atoms with E-state index in [0.29, 0.717) is 5.56 Å². The maximum absolute atomic E-state index is 10.8. The lowest BCUT2D eigenvalue weighted by atomic mass is 10.0. The summed E-state index contributed by atoms with van der Waals surface area (Å²) in [6.07, 6.45) is 0. The van der Waals surface area contributed by atoms with Gasteiger partial charge in [-0.15, -0.1) is 0 Å². The highest BCUT2D eigenvalue weighted by molar-refractivity contribution is 5.95. The molecule has 57 valence electrons. The third kappa shape index (κ3) is 1.40. The van der Waals surface area contributed by atoms with Crippen LogP contribution in [0.4, 0.5) is 0 Å². The molecule has 0 aliphatic heterocycles. The summed E-state index contributed by atoms with van der Waals surface area (Å²) < 4.78 is 0. The second-order valence-electron chi connectivity index (χ2n) is 2.60. The molecule has 0 aliphatic carbocycles. The quantitative estimate of drug-likeness (QED) is 0.597. The fraction of sp³-hybridized carbons (Fsp3) is 0.222. The van der Waals surface area contributed by atoms with Crippen molar-refractivity contribution in [3.8, 4) is 0 Å². The summed E-state index contributed by atoms with van der Waals surface area (Å²) >= 11 is 0. The van der Waals surface area contributed by atoms with E-state index in [0.717, 1.165) is 11.1 Å². The fourth-order valence-electron chi connectivity index (χ4n) is 1.17. The number of amides is 1. The van der Waals surface area contributed by atoms with Crippen LogP contribution < -0.4 is 5.73 Å². The molecule has 0 atom stereocenters. The van der Waals surface area contributed by atoms with Crippen LogP contribution >= 0.6 is 0 Å². The lowest BCUT2D eigenvalue weighted by molar-refractivity contribution is 0.0991. The second-order valence-corrected chi connectivity index (χ2v) is 2.60. The highest BCUT2D eigenvalue weighted by atomic mass is 16.1. The van der Waals surface area contributed by atoms with Gasteiger partial charge in [-0.1, -0.05) is 18.2 Å². The van der Waals surface area contributed by atoms with Crippen LogP contribution in [0.15, 0.2) is 18.2 Å². The topological polar surface area (TPSA) is 40.9 Å². The minimum absolute atomic E-state index is 0.535. The summed E-state index contributed by atoms with van der Waals surface area (Å²) in [5, 5.41) is 0. The molecule has 2 heteroatoms. The summed E-state index contributed by atoms with van der Waals surface area (Å²) in [6, 6.07) is 5.57. The molecule has 0 spiro atoms. The number of hydrogen-bond acceptors (Lipinski definition) is 1. The van der Waals surface area contributed by atoms with E-state index in [1.165, 1.54) is 0 Å². The average molecular weight is 148 g/mol. The fourth-order valence-corrected chi connectivity index (χ4v) is 1.17. The van der Waals surface area contributed by atoms with Crippen molar-refractivity contribution >= 4 is 5.91 Å². The van der Waals surface area contributed by atoms with Crippen LogP contribution in [0.3, 0.4) is 0 Å². The van der Waals surface area contributed by atoms with Gasteiger partial charge in [0.25, 0.3) is 5.91 Å². The van der Waals surface area contributed by atoms with E-state index >= 15 is 0 Å². The van der Waals surface area contributed by atoms with Crippen LogP contribution in [0.1, 0.15) is 21.5 Å². The maximum atomic E-state index is 10.8. The number of nitrogens with one attached hydrogen (secondary N) is 1. The Balaban J connectivity index is 3.32. The van der Waals surface area contributed by atoms with Gasteiger partial charge in [-0.2, -0.15) is 0 Å². The third-order valence-corrected chi connectivity index (χ3v) is 1.71. The molecule has 1 aromatic rings. The van der Waals surface area contributed by atoms with Gasteiger partial charge in [0.1, 0.15) is 0 Å². The van der Waals surface area contributed by atoms with E-state index in [1.54, 1.807) is 0 Å². The molecule has 1 rings (SSSR count). The van der Waals surface area contributed by atoms with Crippen molar-refractivity contribution < 1.29 is 4.79 Å². The zero-order chi connectivity index (χ0) is 8.43. The molecule has 0 bridgehead atoms. The van der Waals surface area contributed by atoms with Crippen molar-refractivity contribution in [1.82, 2.24) is 5.73 Å². The maximum Gasteiger partial charge on any atom is 0.270 e. The van der Waals surface area contributed by atoms with Crippen molar-refractivity contribution in [2.75, 3.05) is 0 Å². The molecule has 0 aromatic heterocycles. The number of rotatable bonds is 1. The zero-order valence-corrected chi connectivity index (χ0v) is 6.64. The number of aryl methyl sites for hydroxylation is 2. The molecule has 0 fully saturated rings. The lowest BCUT2D eigenvalue weighted by Crippen LogP contribution is -2.04. The standard InChI is InChI=1S/C9H10NO/c1-6-4-3-5-7(2)8(6)9(10)11/h3-5,10H,1-2H3. The van der Waals surface area contributed by atoms with Crippen LogP contribution in [-0.2, 0) is 0 Å². The summed E-state index contributed by atoms with van der Waals surface area (Å²) in [4.78, 5) is 10.8. The normalized spacial score (nSPS) is 9.64. The van der Waals surface area contributed by atoms with E-state index in [9.17, 15) is 4.79 Å². The Morgan fingerprint density at radius 1 is 1.27 bits per heavy atom. The first kappa shape index (κ1) is 7.79. The summed E-state index contributed by atoms with van der Waals surface area (Å²) in [5.41, 5.74) is 9.26. The Hall–Kier alpha value is -1.31. The van der Waals surface area contributed by atoms with Gasteiger partial charge in [-0.05, 0) is 25.0 Å². The van der Waals surface area contributed by atoms with Gasteiger partial charge in [0, 0.05) is 5.56 Å². The Bertz CT molecular complexity index is 271. The SMILES string of the molecule is Cc1cccc(C)c1C([NH])=O. The molecule has 0 aliphatic rings. The molecule has 1 N–H and O–H groups in total. The Kier molecular flexibility index (Phi) is 1.94. The van der Waals surface area contributed by atoms with Crippen LogP contribution in [0, 0.1) is 13.8 Å². The Morgan fingerprint density at radius 2 is 1.73 bits per heavy atom. The van der Waals surface area contributed by atoms with E-state index in [2.05, 4.69) is 0 Å². The highest BCUT2D eigenvalue weighted by Gasteiger charge is 2.06. The number of benzene rings is 1. The minimum Gasteiger partial charge on any atom is -0.267 e. The van der Waals surface area contributed by atoms with Gasteiger partial charge >= 0.3 is 0 Å². The van der Waals surface area contributed by atoms with Gasteiger partial charge in [-0.25, -0.2) is 0 Å². The first-order chi connectivity index (χ1) is 5.13. The smallest absolute Gasteiger partial charge is 0.267 e. The van der Waals surface area contributed by atoms with Crippen LogP contribution in [-0.4, -0.2) is 5.91 Å². The minimum atomic E-state index is -0.597. The van der Waals surface area contributed by atoms with E-state index < -0.39 is 5.91 Å². The highest BCUT2D eigenvalue weighted by Crippen LogP contribution is 2.11. The van der Waals surface area contributed by atoms with Crippen molar-refractivity contribution in [1.29, 1.82) is 0 Å². The number of carbonyl (C=O) groups excluding carboxylic acids is 1. The lowest BCUT2D eigenvalue weighted by Gasteiger charge is -2.02. The molecular weight excluding hydrogens is 138 g/mol. The largest absolute Gasteiger partial charge is 0.270 e. The predicted molar refractivity (Wildman–Crippen MR) is 43.3 cm³/mol. The molecule has 0 heterocycles. The Labute approximate surface area is 66.0 Å². The molecule has 0 unspecified atom stereocenters. The predicted octanol–water partition coefficient (Wildman–Crippen LogP) is 1.73. The summed E-state index contributed by atoms with van der Waals surface area (Å²) in [5.74, 6) is -0.597. The first-order valence-corrected chi connectivity index (χ1v) is 3.45. The number of carbonyl (C=O) groups is 1. The summed E-state index contributed by atoms with van der Waals surface area (Å²) in [7, 11) is 0. The van der Waals surface area contributed by atoms with Crippen molar-refractivity contribution in [3.63, 3.8) is 0 Å². The molecule has 1 aromatic carbocycles. The third-order valence-electron chi connectivity index (χ3n) is 1.71. The Morgan fingerprint density at radius 3 is 2.00 bits per heavy atom.